The van der Waals surface area contributed by atoms with Crippen molar-refractivity contribution in [1.82, 2.24) is 15.6 Å². The summed E-state index contributed by atoms with van der Waals surface area (Å²) < 4.78 is 5.69. The topological polar surface area (TPSA) is 66.5 Å². The summed E-state index contributed by atoms with van der Waals surface area (Å²) in [4.78, 5) is 18.4. The number of amides is 2. The summed E-state index contributed by atoms with van der Waals surface area (Å²) in [6, 6.07) is 3.85. The Hall–Kier alpha value is -1.82. The predicted molar refractivity (Wildman–Crippen MR) is 91.5 cm³/mol. The van der Waals surface area contributed by atoms with Gasteiger partial charge in [0.25, 0.3) is 0 Å². The van der Waals surface area contributed by atoms with Crippen molar-refractivity contribution in [2.45, 2.75) is 45.9 Å². The molecule has 6 heteroatoms. The van der Waals surface area contributed by atoms with Crippen LogP contribution in [0.15, 0.2) is 18.3 Å². The van der Waals surface area contributed by atoms with Gasteiger partial charge in [-0.1, -0.05) is 19.9 Å². The monoisotopic (exact) mass is 320 g/mol. The lowest BCUT2D eigenvalue weighted by Crippen LogP contribution is -2.63. The van der Waals surface area contributed by atoms with Gasteiger partial charge in [0, 0.05) is 50.5 Å². The Labute approximate surface area is 138 Å². The van der Waals surface area contributed by atoms with Crippen LogP contribution in [0, 0.1) is 5.41 Å². The summed E-state index contributed by atoms with van der Waals surface area (Å²) in [6.07, 6.45) is 2.84. The van der Waals surface area contributed by atoms with E-state index in [-0.39, 0.29) is 23.6 Å². The molecule has 1 heterocycles. The van der Waals surface area contributed by atoms with Crippen LogP contribution in [0.2, 0.25) is 0 Å². The number of hydrogen-bond acceptors (Lipinski definition) is 4. The van der Waals surface area contributed by atoms with Crippen LogP contribution >= 0.6 is 0 Å². The molecule has 0 saturated heterocycles. The van der Waals surface area contributed by atoms with E-state index in [1.54, 1.807) is 6.20 Å². The van der Waals surface area contributed by atoms with Gasteiger partial charge >= 0.3 is 6.03 Å². The molecule has 1 aromatic heterocycles. The number of carbonyl (C=O) groups is 1. The molecule has 2 atom stereocenters. The fraction of sp³-hybridized carbons (Fsp3) is 0.647. The highest BCUT2D eigenvalue weighted by Gasteiger charge is 2.49. The Morgan fingerprint density at radius 1 is 1.48 bits per heavy atom. The van der Waals surface area contributed by atoms with E-state index in [0.29, 0.717) is 13.2 Å². The molecule has 0 bridgehead atoms. The molecule has 0 radical (unpaired) electrons. The molecule has 1 aliphatic carbocycles. The van der Waals surface area contributed by atoms with Crippen LogP contribution < -0.4 is 15.5 Å². The second-order valence-corrected chi connectivity index (χ2v) is 6.76. The Morgan fingerprint density at radius 2 is 2.22 bits per heavy atom. The summed E-state index contributed by atoms with van der Waals surface area (Å²) in [5, 5.41) is 5.97. The van der Waals surface area contributed by atoms with Crippen LogP contribution in [0.4, 0.5) is 10.6 Å². The zero-order valence-corrected chi connectivity index (χ0v) is 14.7. The van der Waals surface area contributed by atoms with E-state index in [9.17, 15) is 4.79 Å². The zero-order chi connectivity index (χ0) is 17.0. The maximum Gasteiger partial charge on any atom is 0.315 e. The molecule has 0 spiro atoms. The van der Waals surface area contributed by atoms with E-state index in [1.807, 2.05) is 38.1 Å². The highest BCUT2D eigenvalue weighted by molar-refractivity contribution is 5.74. The molecular weight excluding hydrogens is 292 g/mol. The number of urea groups is 1. The Morgan fingerprint density at radius 3 is 2.83 bits per heavy atom. The largest absolute Gasteiger partial charge is 0.378 e. The molecule has 1 fully saturated rings. The van der Waals surface area contributed by atoms with Crippen LogP contribution in [-0.2, 0) is 11.3 Å². The van der Waals surface area contributed by atoms with E-state index in [0.717, 1.165) is 17.8 Å². The van der Waals surface area contributed by atoms with Gasteiger partial charge in [-0.05, 0) is 19.4 Å². The fourth-order valence-corrected chi connectivity index (χ4v) is 2.97. The molecule has 2 rings (SSSR count). The summed E-state index contributed by atoms with van der Waals surface area (Å²) in [7, 11) is 3.88. The molecule has 1 aromatic rings. The summed E-state index contributed by atoms with van der Waals surface area (Å²) >= 11 is 0. The lowest BCUT2D eigenvalue weighted by atomic mass is 9.64. The first-order valence-electron chi connectivity index (χ1n) is 8.13. The molecule has 1 aliphatic rings. The van der Waals surface area contributed by atoms with Crippen molar-refractivity contribution in [3.8, 4) is 0 Å². The van der Waals surface area contributed by atoms with Gasteiger partial charge in [-0.3, -0.25) is 0 Å². The van der Waals surface area contributed by atoms with Crippen LogP contribution in [0.5, 0.6) is 0 Å². The van der Waals surface area contributed by atoms with Gasteiger partial charge in [0.2, 0.25) is 0 Å². The normalized spacial score (nSPS) is 22.1. The molecule has 0 aliphatic heterocycles. The highest BCUT2D eigenvalue weighted by atomic mass is 16.5. The third-order valence-corrected chi connectivity index (χ3v) is 4.58. The first kappa shape index (κ1) is 17.5. The third-order valence-electron chi connectivity index (χ3n) is 4.58. The first-order valence-corrected chi connectivity index (χ1v) is 8.13. The van der Waals surface area contributed by atoms with Gasteiger partial charge in [0.15, 0.2) is 0 Å². The average Bonchev–Trinajstić information content (AvgIpc) is 2.52. The number of nitrogens with one attached hydrogen (secondary N) is 2. The smallest absolute Gasteiger partial charge is 0.315 e. The Balaban J connectivity index is 1.85. The van der Waals surface area contributed by atoms with Crippen molar-refractivity contribution in [2.24, 2.45) is 5.41 Å². The number of pyridine rings is 1. The lowest BCUT2D eigenvalue weighted by molar-refractivity contribution is -0.110. The van der Waals surface area contributed by atoms with E-state index in [4.69, 9.17) is 4.74 Å². The predicted octanol–water partition coefficient (Wildman–Crippen LogP) is 2.15. The first-order chi connectivity index (χ1) is 10.9. The molecule has 6 nitrogen and oxygen atoms in total. The molecule has 128 valence electrons. The molecule has 1 saturated carbocycles. The average molecular weight is 320 g/mol. The number of rotatable bonds is 6. The minimum Gasteiger partial charge on any atom is -0.378 e. The van der Waals surface area contributed by atoms with E-state index < -0.39 is 0 Å². The highest BCUT2D eigenvalue weighted by Crippen LogP contribution is 2.42. The van der Waals surface area contributed by atoms with Gasteiger partial charge in [0.05, 0.1) is 6.10 Å². The number of hydrogen-bond donors (Lipinski definition) is 2. The summed E-state index contributed by atoms with van der Waals surface area (Å²) in [6.45, 7) is 7.43. The van der Waals surface area contributed by atoms with Crippen molar-refractivity contribution in [3.63, 3.8) is 0 Å². The number of ether oxygens (including phenoxy) is 1. The standard InChI is InChI=1S/C17H28N4O2/c1-6-23-14-10-13(17(14,2)3)20-16(22)19-11-12-8-7-9-18-15(12)21(4)5/h7-9,13-14H,6,10-11H2,1-5H3,(H2,19,20,22)/t13-,14+/m1/s1. The SMILES string of the molecule is CCO[C@H]1C[C@@H](NC(=O)NCc2cccnc2N(C)C)C1(C)C. The van der Waals surface area contributed by atoms with Crippen molar-refractivity contribution in [3.05, 3.63) is 23.9 Å². The Kier molecular flexibility index (Phi) is 5.46. The van der Waals surface area contributed by atoms with Crippen LogP contribution in [0.1, 0.15) is 32.8 Å². The third kappa shape index (κ3) is 3.93. The van der Waals surface area contributed by atoms with Crippen molar-refractivity contribution >= 4 is 11.8 Å². The molecule has 2 N–H and O–H groups in total. The number of nitrogens with zero attached hydrogens (tertiary/aromatic N) is 2. The van der Waals surface area contributed by atoms with Crippen molar-refractivity contribution < 1.29 is 9.53 Å². The second-order valence-electron chi connectivity index (χ2n) is 6.76. The van der Waals surface area contributed by atoms with Crippen LogP contribution in [0.25, 0.3) is 0 Å². The van der Waals surface area contributed by atoms with Crippen LogP contribution in [0.3, 0.4) is 0 Å². The van der Waals surface area contributed by atoms with Crippen LogP contribution in [-0.4, -0.2) is 43.9 Å². The van der Waals surface area contributed by atoms with E-state index >= 15 is 0 Å². The van der Waals surface area contributed by atoms with Crippen molar-refractivity contribution in [2.75, 3.05) is 25.6 Å². The summed E-state index contributed by atoms with van der Waals surface area (Å²) in [5.41, 5.74) is 0.962. The molecule has 0 aromatic carbocycles. The van der Waals surface area contributed by atoms with Crippen molar-refractivity contribution in [1.29, 1.82) is 0 Å². The fourth-order valence-electron chi connectivity index (χ4n) is 2.97. The number of carbonyl (C=O) groups excluding carboxylic acids is 1. The Bertz CT molecular complexity index is 545. The maximum atomic E-state index is 12.2. The minimum atomic E-state index is -0.147. The molecule has 0 unspecified atom stereocenters. The van der Waals surface area contributed by atoms with Gasteiger partial charge in [0.1, 0.15) is 5.82 Å². The number of anilines is 1. The lowest BCUT2D eigenvalue weighted by Gasteiger charge is -2.51. The number of aromatic nitrogens is 1. The summed E-state index contributed by atoms with van der Waals surface area (Å²) in [5.74, 6) is 0.869. The maximum absolute atomic E-state index is 12.2. The van der Waals surface area contributed by atoms with E-state index in [1.165, 1.54) is 0 Å². The van der Waals surface area contributed by atoms with E-state index in [2.05, 4.69) is 29.5 Å². The van der Waals surface area contributed by atoms with Gasteiger partial charge in [-0.2, -0.15) is 0 Å². The molecule has 2 amide bonds. The van der Waals surface area contributed by atoms with Gasteiger partial charge in [-0.15, -0.1) is 0 Å². The quantitative estimate of drug-likeness (QED) is 0.843. The van der Waals surface area contributed by atoms with Gasteiger partial charge < -0.3 is 20.3 Å². The zero-order valence-electron chi connectivity index (χ0n) is 14.7. The molecular formula is C17H28N4O2. The molecule has 23 heavy (non-hydrogen) atoms. The minimum absolute atomic E-state index is 0.0313. The second kappa shape index (κ2) is 7.17. The van der Waals surface area contributed by atoms with Gasteiger partial charge in [-0.25, -0.2) is 9.78 Å².